The Kier molecular flexibility index (Phi) is 12.6. The van der Waals surface area contributed by atoms with Gasteiger partial charge < -0.3 is 10.2 Å². The van der Waals surface area contributed by atoms with Gasteiger partial charge in [0.2, 0.25) is 5.91 Å². The number of halogens is 2. The van der Waals surface area contributed by atoms with Crippen LogP contribution in [0.2, 0.25) is 0 Å². The maximum atomic E-state index is 11.9. The number of nitrogens with one attached hydrogen (secondary N) is 1. The summed E-state index contributed by atoms with van der Waals surface area (Å²) in [5.41, 5.74) is 0. The van der Waals surface area contributed by atoms with Crippen LogP contribution in [0.3, 0.4) is 0 Å². The van der Waals surface area contributed by atoms with Gasteiger partial charge >= 0.3 is 0 Å². The maximum Gasteiger partial charge on any atom is 0.236 e. The lowest BCUT2D eigenvalue weighted by molar-refractivity contribution is -0.132. The highest BCUT2D eigenvalue weighted by Gasteiger charge is 2.16. The maximum absolute atomic E-state index is 11.9. The molecule has 0 saturated carbocycles. The second-order valence-electron chi connectivity index (χ2n) is 3.95. The van der Waals surface area contributed by atoms with E-state index in [9.17, 15) is 4.79 Å². The second kappa shape index (κ2) is 11.1. The van der Waals surface area contributed by atoms with Crippen molar-refractivity contribution in [3.8, 4) is 0 Å². The summed E-state index contributed by atoms with van der Waals surface area (Å²) >= 11 is 0. The first kappa shape index (κ1) is 19.3. The van der Waals surface area contributed by atoms with Crippen molar-refractivity contribution in [1.29, 1.82) is 0 Å². The van der Waals surface area contributed by atoms with Crippen LogP contribution in [0, 0.1) is 0 Å². The number of amides is 1. The number of likely N-dealkylation sites (N-methyl/N-ethyl adjacent to an activating group) is 1. The summed E-state index contributed by atoms with van der Waals surface area (Å²) < 4.78 is 0. The number of rotatable bonds is 4. The van der Waals surface area contributed by atoms with Crippen LogP contribution < -0.4 is 5.32 Å². The van der Waals surface area contributed by atoms with Gasteiger partial charge in [0, 0.05) is 19.6 Å². The molecule has 0 aromatic rings. The third-order valence-electron chi connectivity index (χ3n) is 2.95. The fraction of sp³-hybridized carbons (Fsp3) is 0.909. The molecule has 1 N–H and O–H groups in total. The molecule has 104 valence electrons. The molecular weight excluding hydrogens is 261 g/mol. The van der Waals surface area contributed by atoms with E-state index in [-0.39, 0.29) is 30.7 Å². The van der Waals surface area contributed by atoms with Crippen LogP contribution in [-0.4, -0.2) is 61.5 Å². The lowest BCUT2D eigenvalue weighted by Gasteiger charge is -2.24. The van der Waals surface area contributed by atoms with E-state index in [1.54, 1.807) is 0 Å². The summed E-state index contributed by atoms with van der Waals surface area (Å²) in [6.45, 7) is 10.4. The van der Waals surface area contributed by atoms with Crippen molar-refractivity contribution in [1.82, 2.24) is 15.1 Å². The van der Waals surface area contributed by atoms with E-state index in [2.05, 4.69) is 24.1 Å². The molecular formula is C11H25Cl2N3O. The van der Waals surface area contributed by atoms with Crippen LogP contribution >= 0.6 is 24.8 Å². The van der Waals surface area contributed by atoms with E-state index >= 15 is 0 Å². The molecule has 0 aliphatic carbocycles. The molecule has 4 nitrogen and oxygen atoms in total. The molecule has 1 aliphatic heterocycles. The van der Waals surface area contributed by atoms with Crippen LogP contribution in [-0.2, 0) is 4.79 Å². The summed E-state index contributed by atoms with van der Waals surface area (Å²) in [5.74, 6) is 0.280. The smallest absolute Gasteiger partial charge is 0.236 e. The highest BCUT2D eigenvalue weighted by atomic mass is 35.5. The zero-order valence-corrected chi connectivity index (χ0v) is 12.4. The molecule has 1 aliphatic rings. The van der Waals surface area contributed by atoms with Crippen molar-refractivity contribution in [2.75, 3.05) is 45.8 Å². The fourth-order valence-electron chi connectivity index (χ4n) is 1.83. The summed E-state index contributed by atoms with van der Waals surface area (Å²) in [5, 5.41) is 3.31. The largest absolute Gasteiger partial charge is 0.340 e. The molecule has 0 bridgehead atoms. The molecule has 17 heavy (non-hydrogen) atoms. The monoisotopic (exact) mass is 285 g/mol. The minimum atomic E-state index is 0. The number of nitrogens with zero attached hydrogens (tertiary/aromatic N) is 2. The number of carbonyl (C=O) groups excluding carboxylic acids is 1. The Hall–Kier alpha value is -0.0300. The van der Waals surface area contributed by atoms with Gasteiger partial charge in [-0.05, 0) is 26.1 Å². The Bertz CT molecular complexity index is 193. The van der Waals surface area contributed by atoms with Gasteiger partial charge in [0.1, 0.15) is 0 Å². The molecule has 1 heterocycles. The van der Waals surface area contributed by atoms with E-state index in [0.717, 1.165) is 45.7 Å². The van der Waals surface area contributed by atoms with Gasteiger partial charge in [-0.1, -0.05) is 13.8 Å². The van der Waals surface area contributed by atoms with Gasteiger partial charge in [-0.2, -0.15) is 0 Å². The van der Waals surface area contributed by atoms with Crippen molar-refractivity contribution >= 4 is 30.7 Å². The Morgan fingerprint density at radius 3 is 2.41 bits per heavy atom. The van der Waals surface area contributed by atoms with Gasteiger partial charge in [-0.3, -0.25) is 9.69 Å². The number of carbonyl (C=O) groups is 1. The van der Waals surface area contributed by atoms with Crippen LogP contribution in [0.25, 0.3) is 0 Å². The average molecular weight is 286 g/mol. The highest BCUT2D eigenvalue weighted by Crippen LogP contribution is 1.98. The first-order chi connectivity index (χ1) is 7.27. The normalized spacial score (nSPS) is 15.8. The molecule has 0 radical (unpaired) electrons. The predicted molar refractivity (Wildman–Crippen MR) is 76.4 cm³/mol. The van der Waals surface area contributed by atoms with Gasteiger partial charge in [-0.15, -0.1) is 24.8 Å². The summed E-state index contributed by atoms with van der Waals surface area (Å²) in [7, 11) is 0. The predicted octanol–water partition coefficient (Wildman–Crippen LogP) is 0.994. The zero-order chi connectivity index (χ0) is 11.1. The van der Waals surface area contributed by atoms with Gasteiger partial charge in [0.25, 0.3) is 0 Å². The zero-order valence-electron chi connectivity index (χ0n) is 10.8. The van der Waals surface area contributed by atoms with E-state index < -0.39 is 0 Å². The van der Waals surface area contributed by atoms with Crippen molar-refractivity contribution in [2.45, 2.75) is 20.3 Å². The summed E-state index contributed by atoms with van der Waals surface area (Å²) in [4.78, 5) is 16.1. The summed E-state index contributed by atoms with van der Waals surface area (Å²) in [6, 6.07) is 0. The lowest BCUT2D eigenvalue weighted by Crippen LogP contribution is -2.41. The van der Waals surface area contributed by atoms with E-state index in [0.29, 0.717) is 6.54 Å². The van der Waals surface area contributed by atoms with Gasteiger partial charge in [0.15, 0.2) is 0 Å². The number of hydrogen-bond donors (Lipinski definition) is 1. The van der Waals surface area contributed by atoms with E-state index in [1.165, 1.54) is 0 Å². The first-order valence-electron chi connectivity index (χ1n) is 5.98. The Labute approximate surface area is 117 Å². The molecule has 0 unspecified atom stereocenters. The average Bonchev–Trinajstić information content (AvgIpc) is 2.54. The quantitative estimate of drug-likeness (QED) is 0.837. The first-order valence-corrected chi connectivity index (χ1v) is 5.98. The summed E-state index contributed by atoms with van der Waals surface area (Å²) in [6.07, 6.45) is 1.07. The molecule has 0 aromatic carbocycles. The molecule has 1 fully saturated rings. The Balaban J connectivity index is 0. The molecule has 0 aromatic heterocycles. The third-order valence-corrected chi connectivity index (χ3v) is 2.95. The topological polar surface area (TPSA) is 35.6 Å². The third kappa shape index (κ3) is 7.09. The fourth-order valence-corrected chi connectivity index (χ4v) is 1.83. The molecule has 1 rings (SSSR count). The van der Waals surface area contributed by atoms with E-state index in [4.69, 9.17) is 0 Å². The van der Waals surface area contributed by atoms with Crippen LogP contribution in [0.4, 0.5) is 0 Å². The molecule has 1 amide bonds. The van der Waals surface area contributed by atoms with Crippen molar-refractivity contribution in [2.24, 2.45) is 0 Å². The number of hydrogen-bond acceptors (Lipinski definition) is 3. The Morgan fingerprint density at radius 2 is 1.82 bits per heavy atom. The van der Waals surface area contributed by atoms with Crippen LogP contribution in [0.5, 0.6) is 0 Å². The van der Waals surface area contributed by atoms with Crippen molar-refractivity contribution < 1.29 is 4.79 Å². The van der Waals surface area contributed by atoms with Crippen molar-refractivity contribution in [3.63, 3.8) is 0 Å². The second-order valence-corrected chi connectivity index (χ2v) is 3.95. The van der Waals surface area contributed by atoms with Gasteiger partial charge in [-0.25, -0.2) is 0 Å². The molecule has 0 spiro atoms. The minimum Gasteiger partial charge on any atom is -0.340 e. The SMILES string of the molecule is CCN(CC)CC(=O)N1CCCNCC1.Cl.Cl. The van der Waals surface area contributed by atoms with Crippen LogP contribution in [0.1, 0.15) is 20.3 Å². The molecule has 6 heteroatoms. The van der Waals surface area contributed by atoms with Crippen molar-refractivity contribution in [3.05, 3.63) is 0 Å². The molecule has 0 atom stereocenters. The van der Waals surface area contributed by atoms with Gasteiger partial charge in [0.05, 0.1) is 6.54 Å². The van der Waals surface area contributed by atoms with Crippen LogP contribution in [0.15, 0.2) is 0 Å². The standard InChI is InChI=1S/C11H23N3O.2ClH/c1-3-13(4-2)10-11(15)14-8-5-6-12-7-9-14;;/h12H,3-10H2,1-2H3;2*1H. The highest BCUT2D eigenvalue weighted by molar-refractivity contribution is 5.85. The minimum absolute atomic E-state index is 0. The lowest BCUT2D eigenvalue weighted by atomic mass is 10.3. The van der Waals surface area contributed by atoms with E-state index in [1.807, 2.05) is 4.90 Å². The Morgan fingerprint density at radius 1 is 1.18 bits per heavy atom. The molecule has 1 saturated heterocycles.